The van der Waals surface area contributed by atoms with E-state index in [-0.39, 0.29) is 5.91 Å². The van der Waals surface area contributed by atoms with Gasteiger partial charge >= 0.3 is 0 Å². The number of hydrogen-bond acceptors (Lipinski definition) is 1. The van der Waals surface area contributed by atoms with Crippen LogP contribution in [0.3, 0.4) is 0 Å². The Bertz CT molecular complexity index is 406. The predicted molar refractivity (Wildman–Crippen MR) is 73.8 cm³/mol. The number of aryl methyl sites for hydroxylation is 2. The SMILES string of the molecule is Cc1cc(C)cc(N(C)C(=O)C(C)(C)CCl)c1. The molecule has 0 aliphatic heterocycles. The maximum Gasteiger partial charge on any atom is 0.233 e. The monoisotopic (exact) mass is 253 g/mol. The van der Waals surface area contributed by atoms with E-state index in [1.807, 2.05) is 39.8 Å². The first-order chi connectivity index (χ1) is 7.77. The molecule has 0 atom stereocenters. The van der Waals surface area contributed by atoms with Crippen LogP contribution >= 0.6 is 11.6 Å². The van der Waals surface area contributed by atoms with Gasteiger partial charge in [-0.1, -0.05) is 6.07 Å². The Balaban J connectivity index is 3.04. The lowest BCUT2D eigenvalue weighted by molar-refractivity contribution is -0.125. The van der Waals surface area contributed by atoms with Crippen molar-refractivity contribution in [3.8, 4) is 0 Å². The highest BCUT2D eigenvalue weighted by Crippen LogP contribution is 2.25. The van der Waals surface area contributed by atoms with Gasteiger partial charge in [0.1, 0.15) is 0 Å². The fourth-order valence-electron chi connectivity index (χ4n) is 1.77. The van der Waals surface area contributed by atoms with Crippen LogP contribution in [0, 0.1) is 19.3 Å². The second-order valence-electron chi connectivity index (χ2n) is 5.23. The van der Waals surface area contributed by atoms with Crippen molar-refractivity contribution in [3.05, 3.63) is 29.3 Å². The maximum absolute atomic E-state index is 12.3. The number of hydrogen-bond donors (Lipinski definition) is 0. The standard InChI is InChI=1S/C14H20ClNO/c1-10-6-11(2)8-12(7-10)16(5)13(17)14(3,4)9-15/h6-8H,9H2,1-5H3. The molecule has 0 aliphatic rings. The fourth-order valence-corrected chi connectivity index (χ4v) is 1.89. The summed E-state index contributed by atoms with van der Waals surface area (Å²) in [6, 6.07) is 6.11. The molecule has 0 bridgehead atoms. The number of anilines is 1. The number of carbonyl (C=O) groups excluding carboxylic acids is 1. The Kier molecular flexibility index (Phi) is 4.21. The van der Waals surface area contributed by atoms with Crippen LogP contribution < -0.4 is 4.90 Å². The molecule has 0 N–H and O–H groups in total. The topological polar surface area (TPSA) is 20.3 Å². The van der Waals surface area contributed by atoms with Crippen molar-refractivity contribution in [1.29, 1.82) is 0 Å². The number of rotatable bonds is 3. The van der Waals surface area contributed by atoms with Gasteiger partial charge in [-0.05, 0) is 51.0 Å². The van der Waals surface area contributed by atoms with Gasteiger partial charge in [-0.3, -0.25) is 4.79 Å². The highest BCUT2D eigenvalue weighted by Gasteiger charge is 2.30. The molecule has 0 aliphatic carbocycles. The first-order valence-corrected chi connectivity index (χ1v) is 6.24. The average molecular weight is 254 g/mol. The number of carbonyl (C=O) groups is 1. The van der Waals surface area contributed by atoms with Crippen molar-refractivity contribution in [3.63, 3.8) is 0 Å². The van der Waals surface area contributed by atoms with Crippen molar-refractivity contribution in [1.82, 2.24) is 0 Å². The lowest BCUT2D eigenvalue weighted by Crippen LogP contribution is -2.39. The van der Waals surface area contributed by atoms with Crippen LogP contribution in [0.1, 0.15) is 25.0 Å². The van der Waals surface area contributed by atoms with Gasteiger partial charge in [0.25, 0.3) is 0 Å². The number of alkyl halides is 1. The third kappa shape index (κ3) is 3.22. The molecule has 1 amide bonds. The molecule has 1 aromatic rings. The molecule has 0 heterocycles. The minimum atomic E-state index is -0.534. The van der Waals surface area contributed by atoms with Gasteiger partial charge in [-0.25, -0.2) is 0 Å². The Morgan fingerprint density at radius 2 is 1.71 bits per heavy atom. The molecule has 17 heavy (non-hydrogen) atoms. The van der Waals surface area contributed by atoms with Crippen molar-refractivity contribution >= 4 is 23.2 Å². The van der Waals surface area contributed by atoms with Gasteiger partial charge in [0.15, 0.2) is 0 Å². The van der Waals surface area contributed by atoms with Crippen molar-refractivity contribution in [2.45, 2.75) is 27.7 Å². The second-order valence-corrected chi connectivity index (χ2v) is 5.49. The molecule has 94 valence electrons. The van der Waals surface area contributed by atoms with Crippen LogP contribution in [0.2, 0.25) is 0 Å². The van der Waals surface area contributed by atoms with Crippen LogP contribution in [0.15, 0.2) is 18.2 Å². The van der Waals surface area contributed by atoms with E-state index in [9.17, 15) is 4.79 Å². The Morgan fingerprint density at radius 1 is 1.24 bits per heavy atom. The Hall–Kier alpha value is -1.02. The number of amides is 1. The van der Waals surface area contributed by atoms with Crippen LogP contribution in [0.25, 0.3) is 0 Å². The zero-order chi connectivity index (χ0) is 13.2. The molecule has 0 fully saturated rings. The first-order valence-electron chi connectivity index (χ1n) is 5.70. The van der Waals surface area contributed by atoms with Crippen LogP contribution in [0.5, 0.6) is 0 Å². The molecule has 0 aromatic heterocycles. The molecule has 0 unspecified atom stereocenters. The van der Waals surface area contributed by atoms with E-state index in [1.54, 1.807) is 11.9 Å². The van der Waals surface area contributed by atoms with E-state index in [1.165, 1.54) is 0 Å². The van der Waals surface area contributed by atoms with E-state index in [0.717, 1.165) is 16.8 Å². The first kappa shape index (κ1) is 14.0. The zero-order valence-corrected chi connectivity index (χ0v) is 11.9. The van der Waals surface area contributed by atoms with Crippen molar-refractivity contribution < 1.29 is 4.79 Å². The molecule has 3 heteroatoms. The highest BCUT2D eigenvalue weighted by molar-refractivity contribution is 6.20. The summed E-state index contributed by atoms with van der Waals surface area (Å²) in [4.78, 5) is 13.9. The molecule has 0 saturated carbocycles. The third-order valence-electron chi connectivity index (χ3n) is 2.81. The minimum Gasteiger partial charge on any atom is -0.315 e. The number of benzene rings is 1. The summed E-state index contributed by atoms with van der Waals surface area (Å²) < 4.78 is 0. The number of nitrogens with zero attached hydrogens (tertiary/aromatic N) is 1. The lowest BCUT2D eigenvalue weighted by Gasteiger charge is -2.28. The van der Waals surface area contributed by atoms with Gasteiger partial charge in [-0.2, -0.15) is 0 Å². The quantitative estimate of drug-likeness (QED) is 0.755. The largest absolute Gasteiger partial charge is 0.315 e. The van der Waals surface area contributed by atoms with Gasteiger partial charge in [0.2, 0.25) is 5.91 Å². The summed E-state index contributed by atoms with van der Waals surface area (Å²) in [6.45, 7) is 7.78. The van der Waals surface area contributed by atoms with Gasteiger partial charge in [0, 0.05) is 18.6 Å². The van der Waals surface area contributed by atoms with Crippen LogP contribution in [0.4, 0.5) is 5.69 Å². The number of halogens is 1. The van der Waals surface area contributed by atoms with Crippen LogP contribution in [-0.4, -0.2) is 18.8 Å². The van der Waals surface area contributed by atoms with E-state index in [4.69, 9.17) is 11.6 Å². The summed E-state index contributed by atoms with van der Waals surface area (Å²) in [5.74, 6) is 0.360. The maximum atomic E-state index is 12.3. The lowest BCUT2D eigenvalue weighted by atomic mass is 9.94. The van der Waals surface area contributed by atoms with Gasteiger partial charge in [-0.15, -0.1) is 11.6 Å². The predicted octanol–water partition coefficient (Wildman–Crippen LogP) is 3.53. The van der Waals surface area contributed by atoms with E-state index in [2.05, 4.69) is 6.07 Å². The van der Waals surface area contributed by atoms with E-state index in [0.29, 0.717) is 5.88 Å². The molecule has 1 aromatic carbocycles. The summed E-state index contributed by atoms with van der Waals surface area (Å²) in [5, 5.41) is 0. The molecule has 0 saturated heterocycles. The third-order valence-corrected chi connectivity index (χ3v) is 3.48. The Morgan fingerprint density at radius 3 is 2.12 bits per heavy atom. The van der Waals surface area contributed by atoms with Gasteiger partial charge < -0.3 is 4.90 Å². The molecule has 1 rings (SSSR count). The summed E-state index contributed by atoms with van der Waals surface area (Å²) in [6.07, 6.45) is 0. The molecular weight excluding hydrogens is 234 g/mol. The van der Waals surface area contributed by atoms with Crippen molar-refractivity contribution in [2.24, 2.45) is 5.41 Å². The second kappa shape index (κ2) is 5.09. The van der Waals surface area contributed by atoms with Crippen LogP contribution in [-0.2, 0) is 4.79 Å². The minimum absolute atomic E-state index is 0.0394. The smallest absolute Gasteiger partial charge is 0.233 e. The summed E-state index contributed by atoms with van der Waals surface area (Å²) in [7, 11) is 1.80. The molecule has 0 spiro atoms. The summed E-state index contributed by atoms with van der Waals surface area (Å²) in [5.41, 5.74) is 2.70. The normalized spacial score (nSPS) is 11.4. The van der Waals surface area contributed by atoms with E-state index >= 15 is 0 Å². The van der Waals surface area contributed by atoms with E-state index < -0.39 is 5.41 Å². The van der Waals surface area contributed by atoms with Crippen molar-refractivity contribution in [2.75, 3.05) is 17.8 Å². The molecular formula is C14H20ClNO. The highest BCUT2D eigenvalue weighted by atomic mass is 35.5. The fraction of sp³-hybridized carbons (Fsp3) is 0.500. The Labute approximate surface area is 109 Å². The van der Waals surface area contributed by atoms with Gasteiger partial charge in [0.05, 0.1) is 5.41 Å². The molecule has 2 nitrogen and oxygen atoms in total. The average Bonchev–Trinajstić information content (AvgIpc) is 2.25. The molecule has 0 radical (unpaired) electrons. The zero-order valence-electron chi connectivity index (χ0n) is 11.2. The summed E-state index contributed by atoms with van der Waals surface area (Å²) >= 11 is 5.83.